The summed E-state index contributed by atoms with van der Waals surface area (Å²) in [6.45, 7) is 2.45. The van der Waals surface area contributed by atoms with E-state index < -0.39 is 0 Å². The van der Waals surface area contributed by atoms with E-state index in [9.17, 15) is 0 Å². The summed E-state index contributed by atoms with van der Waals surface area (Å²) in [6, 6.07) is 2.28. The molecule has 0 nitrogen and oxygen atoms in total. The molecule has 0 saturated carbocycles. The Hall–Kier alpha value is -0.910. The summed E-state index contributed by atoms with van der Waals surface area (Å²) in [6.07, 6.45) is 7.03. The molecule has 1 aromatic rings. The Bertz CT molecular complexity index is 687. The average molecular weight is 223 g/mol. The van der Waals surface area contributed by atoms with Crippen LogP contribution in [0.5, 0.6) is 0 Å². The molecule has 18 heavy (non-hydrogen) atoms. The molecule has 0 radical (unpaired) electrons. The zero-order valence-electron chi connectivity index (χ0n) is 11.5. The van der Waals surface area contributed by atoms with E-state index in [4.69, 9.17) is 0 Å². The van der Waals surface area contributed by atoms with Crippen molar-refractivity contribution in [2.24, 2.45) is 0 Å². The molecule has 0 fully saturated rings. The van der Waals surface area contributed by atoms with E-state index in [1.165, 1.54) is 32.1 Å². The van der Waals surface area contributed by atoms with Gasteiger partial charge in [-0.05, 0) is 0 Å². The minimum atomic E-state index is 0.579. The molecule has 2 aliphatic rings. The van der Waals surface area contributed by atoms with Crippen molar-refractivity contribution in [1.82, 2.24) is 0 Å². The van der Waals surface area contributed by atoms with Crippen molar-refractivity contribution in [3.8, 4) is 0 Å². The molecule has 80 valence electrons. The van der Waals surface area contributed by atoms with E-state index in [1.807, 2.05) is 0 Å². The van der Waals surface area contributed by atoms with Gasteiger partial charge >= 0.3 is 113 Å². The van der Waals surface area contributed by atoms with Gasteiger partial charge in [0.1, 0.15) is 0 Å². The molecule has 0 saturated heterocycles. The van der Waals surface area contributed by atoms with Gasteiger partial charge in [-0.25, -0.2) is 0 Å². The Morgan fingerprint density at radius 2 is 2.00 bits per heavy atom. The summed E-state index contributed by atoms with van der Waals surface area (Å²) in [5, 5.41) is 2.64. The SMILES string of the molecule is B=c1cc2c(c(B)c1B)=BC1C=CC(B)=CC1B2. The number of hydrogen-bond donors (Lipinski definition) is 0. The Labute approximate surface area is 113 Å². The number of rotatable bonds is 0. The predicted octanol–water partition coefficient (Wildman–Crippen LogP) is -3.95. The van der Waals surface area contributed by atoms with Crippen molar-refractivity contribution in [3.63, 3.8) is 0 Å². The molecule has 3 rings (SSSR count). The zero-order chi connectivity index (χ0) is 12.9. The molecule has 1 aliphatic carbocycles. The van der Waals surface area contributed by atoms with E-state index in [0.29, 0.717) is 11.6 Å². The van der Waals surface area contributed by atoms with Crippen LogP contribution in [0.15, 0.2) is 29.8 Å². The van der Waals surface area contributed by atoms with Crippen molar-refractivity contribution in [1.29, 1.82) is 0 Å². The number of fused-ring (bicyclic) bond motifs is 2. The van der Waals surface area contributed by atoms with Gasteiger partial charge in [-0.3, -0.25) is 0 Å². The molecule has 1 heterocycles. The third-order valence-corrected chi connectivity index (χ3v) is 4.51. The van der Waals surface area contributed by atoms with Crippen molar-refractivity contribution in [2.45, 2.75) is 11.6 Å². The second-order valence-electron chi connectivity index (χ2n) is 5.74. The first-order valence-electron chi connectivity index (χ1n) is 6.73. The molecule has 0 N–H and O–H groups in total. The van der Waals surface area contributed by atoms with E-state index >= 15 is 0 Å². The van der Waals surface area contributed by atoms with Crippen molar-refractivity contribution in [3.05, 3.63) is 40.0 Å². The molecular formula is C12H14B6. The van der Waals surface area contributed by atoms with Gasteiger partial charge in [-0.1, -0.05) is 0 Å². The van der Waals surface area contributed by atoms with Gasteiger partial charge in [-0.2, -0.15) is 0 Å². The van der Waals surface area contributed by atoms with Crippen LogP contribution in [0.4, 0.5) is 0 Å². The molecule has 1 aliphatic heterocycles. The van der Waals surface area contributed by atoms with Crippen LogP contribution in [-0.4, -0.2) is 45.2 Å². The van der Waals surface area contributed by atoms with E-state index in [-0.39, 0.29) is 0 Å². The fourth-order valence-corrected chi connectivity index (χ4v) is 3.21. The Morgan fingerprint density at radius 3 is 2.78 bits per heavy atom. The number of benzene rings is 1. The summed E-state index contributed by atoms with van der Waals surface area (Å²) < 4.78 is 0. The molecule has 0 aromatic heterocycles. The van der Waals surface area contributed by atoms with E-state index in [0.717, 1.165) is 7.28 Å². The molecule has 0 amide bonds. The normalized spacial score (nSPS) is 23.8. The zero-order valence-corrected chi connectivity index (χ0v) is 11.5. The first-order chi connectivity index (χ1) is 8.56. The first-order valence-corrected chi connectivity index (χ1v) is 6.73. The standard InChI is InChI=1S/C12H14B6/c13-5-1-2-7-8(3-5)17-9-4-6(14)10(15)11(16)12(9)18-7/h1-4,7-8,14,17H,13,15-16H2. The van der Waals surface area contributed by atoms with E-state index in [2.05, 4.69) is 62.2 Å². The monoisotopic (exact) mass is 224 g/mol. The molecular weight excluding hydrogens is 209 g/mol. The Kier molecular flexibility index (Phi) is 2.92. The van der Waals surface area contributed by atoms with Gasteiger partial charge in [0, 0.05) is 0 Å². The van der Waals surface area contributed by atoms with Gasteiger partial charge in [0.25, 0.3) is 0 Å². The van der Waals surface area contributed by atoms with Crippen LogP contribution in [0.25, 0.3) is 0 Å². The summed E-state index contributed by atoms with van der Waals surface area (Å²) in [5.41, 5.74) is 5.63. The van der Waals surface area contributed by atoms with E-state index in [1.54, 1.807) is 0 Å². The van der Waals surface area contributed by atoms with Gasteiger partial charge in [-0.15, -0.1) is 0 Å². The second-order valence-corrected chi connectivity index (χ2v) is 5.74. The molecule has 0 bridgehead atoms. The van der Waals surface area contributed by atoms with Crippen molar-refractivity contribution < 1.29 is 0 Å². The first kappa shape index (κ1) is 12.1. The Balaban J connectivity index is 2.21. The van der Waals surface area contributed by atoms with Gasteiger partial charge in [0.2, 0.25) is 0 Å². The third-order valence-electron chi connectivity index (χ3n) is 4.51. The van der Waals surface area contributed by atoms with Crippen LogP contribution in [-0.2, 0) is 0 Å². The fraction of sp³-hybridized carbons (Fsp3) is 0.167. The maximum absolute atomic E-state index is 4.16. The Morgan fingerprint density at radius 1 is 1.22 bits per heavy atom. The number of hydrogen-bond acceptors (Lipinski definition) is 0. The van der Waals surface area contributed by atoms with Crippen LogP contribution >= 0.6 is 0 Å². The molecule has 0 spiro atoms. The summed E-state index contributed by atoms with van der Waals surface area (Å²) in [7, 11) is 11.9. The predicted molar refractivity (Wildman–Crippen MR) is 93.4 cm³/mol. The molecule has 1 aromatic carbocycles. The molecule has 6 heteroatoms. The molecule has 2 unspecified atom stereocenters. The van der Waals surface area contributed by atoms with Crippen molar-refractivity contribution in [2.75, 3.05) is 0 Å². The van der Waals surface area contributed by atoms with Crippen LogP contribution in [0.3, 0.4) is 0 Å². The topological polar surface area (TPSA) is 0 Å². The van der Waals surface area contributed by atoms with Gasteiger partial charge in [0.15, 0.2) is 0 Å². The van der Waals surface area contributed by atoms with Gasteiger partial charge < -0.3 is 0 Å². The van der Waals surface area contributed by atoms with Crippen LogP contribution in [0.2, 0.25) is 11.6 Å². The van der Waals surface area contributed by atoms with Crippen molar-refractivity contribution >= 4 is 61.6 Å². The summed E-state index contributed by atoms with van der Waals surface area (Å²) >= 11 is 0. The second kappa shape index (κ2) is 4.33. The van der Waals surface area contributed by atoms with Gasteiger partial charge in [0.05, 0.1) is 0 Å². The van der Waals surface area contributed by atoms with Crippen LogP contribution in [0, 0.1) is 10.2 Å². The maximum atomic E-state index is 4.16. The fourth-order valence-electron chi connectivity index (χ4n) is 3.21. The summed E-state index contributed by atoms with van der Waals surface area (Å²) in [4.78, 5) is 0. The minimum absolute atomic E-state index is 0.579. The van der Waals surface area contributed by atoms with Crippen LogP contribution in [0.1, 0.15) is 0 Å². The summed E-state index contributed by atoms with van der Waals surface area (Å²) in [5.74, 6) is 1.22. The average Bonchev–Trinajstić information content (AvgIpc) is 2.34. The quantitative estimate of drug-likeness (QED) is 0.394. The third kappa shape index (κ3) is 1.86. The molecule has 2 atom stereocenters. The van der Waals surface area contributed by atoms with Crippen LogP contribution < -0.4 is 16.4 Å². The number of allylic oxidation sites excluding steroid dienone is 4.